The van der Waals surface area contributed by atoms with Crippen LogP contribution in [0.1, 0.15) is 46.0 Å². The molecule has 4 rings (SSSR count). The Hall–Kier alpha value is -1.62. The van der Waals surface area contributed by atoms with Crippen molar-refractivity contribution in [2.24, 2.45) is 0 Å². The first-order valence-electron chi connectivity index (χ1n) is 12.2. The van der Waals surface area contributed by atoms with Crippen LogP contribution in [0, 0.1) is 0 Å². The van der Waals surface area contributed by atoms with E-state index in [0.29, 0.717) is 75.5 Å². The van der Waals surface area contributed by atoms with Crippen molar-refractivity contribution in [1.29, 1.82) is 0 Å². The number of anilines is 1. The summed E-state index contributed by atoms with van der Waals surface area (Å²) in [6.07, 6.45) is 3.95. The molecule has 1 aromatic rings. The second kappa shape index (κ2) is 11.4. The average molecular weight is 512 g/mol. The SMILES string of the molecule is CCCCC(=O)N1CCN(c2cc(Cl)nc(SCC(=O)N3CCC4(CC3)OCCO4)n2)CC1C. The van der Waals surface area contributed by atoms with Gasteiger partial charge in [0.05, 0.1) is 19.0 Å². The summed E-state index contributed by atoms with van der Waals surface area (Å²) in [5.74, 6) is 0.772. The molecular weight excluding hydrogens is 478 g/mol. The zero-order valence-electron chi connectivity index (χ0n) is 20.0. The molecule has 3 aliphatic rings. The summed E-state index contributed by atoms with van der Waals surface area (Å²) in [4.78, 5) is 40.2. The van der Waals surface area contributed by atoms with Crippen molar-refractivity contribution in [3.63, 3.8) is 0 Å². The number of hydrogen-bond donors (Lipinski definition) is 0. The molecule has 188 valence electrons. The Morgan fingerprint density at radius 1 is 1.15 bits per heavy atom. The lowest BCUT2D eigenvalue weighted by atomic mass is 10.0. The van der Waals surface area contributed by atoms with Crippen LogP contribution < -0.4 is 4.90 Å². The third-order valence-electron chi connectivity index (χ3n) is 6.69. The van der Waals surface area contributed by atoms with Crippen LogP contribution >= 0.6 is 23.4 Å². The summed E-state index contributed by atoms with van der Waals surface area (Å²) < 4.78 is 11.5. The predicted octanol–water partition coefficient (Wildman–Crippen LogP) is 2.81. The van der Waals surface area contributed by atoms with Gasteiger partial charge in [0.25, 0.3) is 0 Å². The molecule has 0 N–H and O–H groups in total. The molecule has 3 saturated heterocycles. The van der Waals surface area contributed by atoms with Gasteiger partial charge in [-0.3, -0.25) is 9.59 Å². The van der Waals surface area contributed by atoms with Gasteiger partial charge in [-0.2, -0.15) is 0 Å². The fourth-order valence-corrected chi connectivity index (χ4v) is 5.70. The van der Waals surface area contributed by atoms with Crippen molar-refractivity contribution < 1.29 is 19.1 Å². The Balaban J connectivity index is 1.30. The van der Waals surface area contributed by atoms with Gasteiger partial charge in [-0.15, -0.1) is 0 Å². The smallest absolute Gasteiger partial charge is 0.233 e. The zero-order valence-corrected chi connectivity index (χ0v) is 21.6. The van der Waals surface area contributed by atoms with E-state index in [1.165, 1.54) is 11.8 Å². The summed E-state index contributed by atoms with van der Waals surface area (Å²) in [6.45, 7) is 8.71. The average Bonchev–Trinajstić information content (AvgIpc) is 3.28. The number of likely N-dealkylation sites (tertiary alicyclic amines) is 1. The van der Waals surface area contributed by atoms with Crippen molar-refractivity contribution in [3.8, 4) is 0 Å². The van der Waals surface area contributed by atoms with Gasteiger partial charge in [0.15, 0.2) is 10.9 Å². The highest BCUT2D eigenvalue weighted by molar-refractivity contribution is 7.99. The second-order valence-corrected chi connectivity index (χ2v) is 10.4. The van der Waals surface area contributed by atoms with E-state index < -0.39 is 5.79 Å². The van der Waals surface area contributed by atoms with Crippen molar-refractivity contribution in [3.05, 3.63) is 11.2 Å². The van der Waals surface area contributed by atoms with Crippen LogP contribution in [0.4, 0.5) is 5.82 Å². The molecular formula is C23H34ClN5O4S. The van der Waals surface area contributed by atoms with E-state index in [0.717, 1.165) is 18.7 Å². The Morgan fingerprint density at radius 2 is 1.88 bits per heavy atom. The molecule has 34 heavy (non-hydrogen) atoms. The quantitative estimate of drug-likeness (QED) is 0.314. The van der Waals surface area contributed by atoms with E-state index in [9.17, 15) is 9.59 Å². The molecule has 1 spiro atoms. The Bertz CT molecular complexity index is 875. The minimum absolute atomic E-state index is 0.0517. The summed E-state index contributed by atoms with van der Waals surface area (Å²) in [6, 6.07) is 1.85. The van der Waals surface area contributed by atoms with Gasteiger partial charge < -0.3 is 24.2 Å². The normalized spacial score (nSPS) is 22.4. The van der Waals surface area contributed by atoms with E-state index in [4.69, 9.17) is 21.1 Å². The first-order valence-corrected chi connectivity index (χ1v) is 13.5. The molecule has 11 heteroatoms. The maximum absolute atomic E-state index is 12.8. The number of thioether (sulfide) groups is 1. The number of ether oxygens (including phenoxy) is 2. The molecule has 2 amide bonds. The number of unbranched alkanes of at least 4 members (excludes halogenated alkanes) is 1. The third-order valence-corrected chi connectivity index (χ3v) is 7.72. The summed E-state index contributed by atoms with van der Waals surface area (Å²) in [7, 11) is 0. The fraction of sp³-hybridized carbons (Fsp3) is 0.739. The van der Waals surface area contributed by atoms with Gasteiger partial charge in [-0.25, -0.2) is 9.97 Å². The van der Waals surface area contributed by atoms with E-state index in [2.05, 4.69) is 28.7 Å². The molecule has 0 aromatic carbocycles. The molecule has 9 nitrogen and oxygen atoms in total. The zero-order chi connectivity index (χ0) is 24.1. The lowest BCUT2D eigenvalue weighted by Crippen LogP contribution is -2.54. The van der Waals surface area contributed by atoms with E-state index in [-0.39, 0.29) is 23.6 Å². The van der Waals surface area contributed by atoms with Crippen LogP contribution in [0.2, 0.25) is 5.15 Å². The topological polar surface area (TPSA) is 88.1 Å². The molecule has 0 aliphatic carbocycles. The second-order valence-electron chi connectivity index (χ2n) is 9.09. The lowest BCUT2D eigenvalue weighted by molar-refractivity contribution is -0.186. The first kappa shape index (κ1) is 25.5. The van der Waals surface area contributed by atoms with Crippen LogP contribution in [0.3, 0.4) is 0 Å². The molecule has 0 saturated carbocycles. The maximum atomic E-state index is 12.8. The monoisotopic (exact) mass is 511 g/mol. The third kappa shape index (κ3) is 6.13. The molecule has 0 bridgehead atoms. The number of aromatic nitrogens is 2. The van der Waals surface area contributed by atoms with Crippen LogP contribution in [0.15, 0.2) is 11.2 Å². The molecule has 1 aromatic heterocycles. The predicted molar refractivity (Wildman–Crippen MR) is 131 cm³/mol. The van der Waals surface area contributed by atoms with Gasteiger partial charge in [0.1, 0.15) is 11.0 Å². The van der Waals surface area contributed by atoms with E-state index >= 15 is 0 Å². The summed E-state index contributed by atoms with van der Waals surface area (Å²) in [5.41, 5.74) is 0. The van der Waals surface area contributed by atoms with Gasteiger partial charge in [-0.05, 0) is 13.3 Å². The highest BCUT2D eigenvalue weighted by Gasteiger charge is 2.40. The van der Waals surface area contributed by atoms with Crippen molar-refractivity contribution in [2.45, 2.75) is 62.9 Å². The Labute approximate surface area is 210 Å². The van der Waals surface area contributed by atoms with Crippen molar-refractivity contribution in [1.82, 2.24) is 19.8 Å². The molecule has 0 radical (unpaired) electrons. The van der Waals surface area contributed by atoms with Crippen LogP contribution in [0.5, 0.6) is 0 Å². The highest BCUT2D eigenvalue weighted by atomic mass is 35.5. The van der Waals surface area contributed by atoms with Gasteiger partial charge >= 0.3 is 0 Å². The van der Waals surface area contributed by atoms with Crippen LogP contribution in [0.25, 0.3) is 0 Å². The fourth-order valence-electron chi connectivity index (χ4n) is 4.72. The number of amides is 2. The lowest BCUT2D eigenvalue weighted by Gasteiger charge is -2.40. The standard InChI is InChI=1S/C23H34ClN5O4S/c1-3-4-5-20(30)29-11-10-28(15-17(29)2)19-14-18(24)25-22(26-19)34-16-21(31)27-8-6-23(7-9-27)32-12-13-33-23/h14,17H,3-13,15-16H2,1-2H3. The minimum atomic E-state index is -0.489. The molecule has 3 fully saturated rings. The number of nitrogens with zero attached hydrogens (tertiary/aromatic N) is 5. The van der Waals surface area contributed by atoms with Gasteiger partial charge in [0, 0.05) is 64.1 Å². The van der Waals surface area contributed by atoms with Gasteiger partial charge in [-0.1, -0.05) is 36.7 Å². The largest absolute Gasteiger partial charge is 0.353 e. The Kier molecular flexibility index (Phi) is 8.55. The van der Waals surface area contributed by atoms with E-state index in [1.54, 1.807) is 6.07 Å². The molecule has 1 unspecified atom stereocenters. The Morgan fingerprint density at radius 3 is 2.56 bits per heavy atom. The van der Waals surface area contributed by atoms with Crippen LogP contribution in [-0.2, 0) is 19.1 Å². The summed E-state index contributed by atoms with van der Waals surface area (Å²) in [5, 5.41) is 0.838. The number of halogens is 1. The first-order chi connectivity index (χ1) is 16.4. The molecule has 1 atom stereocenters. The van der Waals surface area contributed by atoms with E-state index in [1.807, 2.05) is 9.80 Å². The van der Waals surface area contributed by atoms with Gasteiger partial charge in [0.2, 0.25) is 11.8 Å². The van der Waals surface area contributed by atoms with Crippen molar-refractivity contribution in [2.75, 3.05) is 56.6 Å². The highest BCUT2D eigenvalue weighted by Crippen LogP contribution is 2.32. The molecule has 3 aliphatic heterocycles. The number of carbonyl (C=O) groups is 2. The number of piperazine rings is 1. The minimum Gasteiger partial charge on any atom is -0.353 e. The number of hydrogen-bond acceptors (Lipinski definition) is 8. The number of carbonyl (C=O) groups excluding carboxylic acids is 2. The van der Waals surface area contributed by atoms with Crippen LogP contribution in [-0.4, -0.2) is 95.1 Å². The number of rotatable bonds is 7. The number of piperidine rings is 1. The maximum Gasteiger partial charge on any atom is 0.233 e. The molecule has 4 heterocycles. The van der Waals surface area contributed by atoms with Crippen molar-refractivity contribution >= 4 is 41.0 Å². The summed E-state index contributed by atoms with van der Waals surface area (Å²) >= 11 is 7.60.